The number of nitrogens with one attached hydrogen (secondary N) is 3. The Morgan fingerprint density at radius 1 is 1.11 bits per heavy atom. The van der Waals surface area contributed by atoms with Gasteiger partial charge in [0.15, 0.2) is 11.0 Å². The first-order chi connectivity index (χ1) is 17.0. The van der Waals surface area contributed by atoms with Gasteiger partial charge in [0.05, 0.1) is 16.5 Å². The van der Waals surface area contributed by atoms with Crippen LogP contribution in [-0.2, 0) is 28.4 Å². The number of carbonyl (C=O) groups excluding carboxylic acids is 1. The van der Waals surface area contributed by atoms with Crippen molar-refractivity contribution in [3.63, 3.8) is 0 Å². The van der Waals surface area contributed by atoms with E-state index in [4.69, 9.17) is 4.52 Å². The Morgan fingerprint density at radius 3 is 2.64 bits per heavy atom. The molecule has 3 aromatic heterocycles. The van der Waals surface area contributed by atoms with E-state index in [9.17, 15) is 13.2 Å². The second-order valence-corrected chi connectivity index (χ2v) is 12.1. The first-order valence-electron chi connectivity index (χ1n) is 11.1. The van der Waals surface area contributed by atoms with Gasteiger partial charge in [-0.1, -0.05) is 43.3 Å². The van der Waals surface area contributed by atoms with Crippen molar-refractivity contribution in [1.29, 1.82) is 0 Å². The quantitative estimate of drug-likeness (QED) is 0.314. The van der Waals surface area contributed by atoms with E-state index in [1.807, 2.05) is 45.0 Å². The van der Waals surface area contributed by atoms with E-state index in [1.54, 1.807) is 12.4 Å². The summed E-state index contributed by atoms with van der Waals surface area (Å²) in [5, 5.41) is 9.96. The third-order valence-corrected chi connectivity index (χ3v) is 6.62. The number of nitrogens with zero attached hydrogens (tertiary/aromatic N) is 4. The Hall–Kier alpha value is -3.42. The predicted octanol–water partition coefficient (Wildman–Crippen LogP) is 3.45. The number of fused-ring (bicyclic) bond motifs is 1. The highest BCUT2D eigenvalue weighted by atomic mass is 32.2. The van der Waals surface area contributed by atoms with Crippen molar-refractivity contribution in [3.8, 4) is 11.1 Å². The van der Waals surface area contributed by atoms with Crippen molar-refractivity contribution in [3.05, 3.63) is 53.9 Å². The van der Waals surface area contributed by atoms with Gasteiger partial charge in [-0.25, -0.2) is 22.9 Å². The number of aromatic nitrogens is 4. The van der Waals surface area contributed by atoms with Crippen molar-refractivity contribution in [1.82, 2.24) is 30.1 Å². The lowest BCUT2D eigenvalue weighted by molar-refractivity contribution is 0.252. The van der Waals surface area contributed by atoms with E-state index in [0.29, 0.717) is 29.8 Å². The molecule has 0 aliphatic heterocycles. The number of hydrogen-bond donors (Lipinski definition) is 3. The fourth-order valence-corrected chi connectivity index (χ4v) is 4.53. The number of pyridine rings is 1. The zero-order valence-electron chi connectivity index (χ0n) is 20.3. The molecule has 0 spiro atoms. The van der Waals surface area contributed by atoms with Gasteiger partial charge in [-0.2, -0.15) is 4.98 Å². The van der Waals surface area contributed by atoms with E-state index < -0.39 is 10.0 Å². The summed E-state index contributed by atoms with van der Waals surface area (Å²) < 4.78 is 31.3. The molecule has 0 unspecified atom stereocenters. The minimum Gasteiger partial charge on any atom is -0.339 e. The Kier molecular flexibility index (Phi) is 7.33. The van der Waals surface area contributed by atoms with Gasteiger partial charge in [0, 0.05) is 42.9 Å². The normalized spacial score (nSPS) is 12.1. The molecule has 11 nitrogen and oxygen atoms in total. The molecule has 1 aromatic carbocycles. The molecular formula is C23H27N7O4S2. The number of rotatable bonds is 8. The maximum absolute atomic E-state index is 12.3. The molecule has 4 aromatic rings. The molecule has 13 heteroatoms. The van der Waals surface area contributed by atoms with Gasteiger partial charge in [0.2, 0.25) is 15.9 Å². The zero-order valence-corrected chi connectivity index (χ0v) is 22.0. The van der Waals surface area contributed by atoms with E-state index in [-0.39, 0.29) is 18.0 Å². The molecule has 0 saturated heterocycles. The maximum Gasteiger partial charge on any atom is 0.321 e. The van der Waals surface area contributed by atoms with Crippen molar-refractivity contribution in [2.45, 2.75) is 39.2 Å². The standard InChI is InChI=1S/C23H27N7O4S2/c1-23(2,3)20-28-19(30-34-20)7-8-25-21(31)29-22-27-17-6-5-15(10-18(17)35-22)16-9-14(11-24-13-16)12-26-36(4,32)33/h5-6,9-11,13,26H,7-8,12H2,1-4H3,(H2,25,27,29,31). The number of amides is 2. The molecule has 0 atom stereocenters. The van der Waals surface area contributed by atoms with Gasteiger partial charge in [0.25, 0.3) is 0 Å². The van der Waals surface area contributed by atoms with Crippen LogP contribution in [0.4, 0.5) is 9.93 Å². The van der Waals surface area contributed by atoms with Gasteiger partial charge in [-0.05, 0) is 29.3 Å². The number of carbonyl (C=O) groups is 1. The highest BCUT2D eigenvalue weighted by Gasteiger charge is 2.21. The summed E-state index contributed by atoms with van der Waals surface area (Å²) >= 11 is 1.35. The maximum atomic E-state index is 12.3. The molecule has 0 aliphatic carbocycles. The average Bonchev–Trinajstić information content (AvgIpc) is 3.43. The minimum absolute atomic E-state index is 0.163. The van der Waals surface area contributed by atoms with Crippen molar-refractivity contribution in [2.24, 2.45) is 0 Å². The fourth-order valence-electron chi connectivity index (χ4n) is 3.20. The lowest BCUT2D eigenvalue weighted by atomic mass is 9.97. The van der Waals surface area contributed by atoms with Crippen LogP contribution in [0.5, 0.6) is 0 Å². The Morgan fingerprint density at radius 2 is 1.92 bits per heavy atom. The van der Waals surface area contributed by atoms with Crippen molar-refractivity contribution < 1.29 is 17.7 Å². The third-order valence-electron chi connectivity index (χ3n) is 5.02. The summed E-state index contributed by atoms with van der Waals surface area (Å²) in [6.07, 6.45) is 4.90. The predicted molar refractivity (Wildman–Crippen MR) is 138 cm³/mol. The molecule has 0 fully saturated rings. The summed E-state index contributed by atoms with van der Waals surface area (Å²) in [6, 6.07) is 7.25. The fraction of sp³-hybridized carbons (Fsp3) is 0.348. The van der Waals surface area contributed by atoms with E-state index in [0.717, 1.165) is 33.2 Å². The SMILES string of the molecule is CC(C)(C)c1nc(CCNC(=O)Nc2nc3ccc(-c4cncc(CNS(C)(=O)=O)c4)cc3s2)no1. The van der Waals surface area contributed by atoms with Gasteiger partial charge in [-0.3, -0.25) is 10.3 Å². The average molecular weight is 530 g/mol. The van der Waals surface area contributed by atoms with Crippen LogP contribution in [0.2, 0.25) is 0 Å². The highest BCUT2D eigenvalue weighted by molar-refractivity contribution is 7.88. The summed E-state index contributed by atoms with van der Waals surface area (Å²) in [5.74, 6) is 1.10. The van der Waals surface area contributed by atoms with Crippen LogP contribution in [0.3, 0.4) is 0 Å². The van der Waals surface area contributed by atoms with Gasteiger partial charge >= 0.3 is 6.03 Å². The van der Waals surface area contributed by atoms with Crippen LogP contribution in [-0.4, -0.2) is 47.4 Å². The monoisotopic (exact) mass is 529 g/mol. The number of hydrogen-bond acceptors (Lipinski definition) is 9. The molecule has 190 valence electrons. The highest BCUT2D eigenvalue weighted by Crippen LogP contribution is 2.30. The number of anilines is 1. The van der Waals surface area contributed by atoms with Crippen molar-refractivity contribution >= 4 is 42.7 Å². The van der Waals surface area contributed by atoms with E-state index in [2.05, 4.69) is 35.5 Å². The lowest BCUT2D eigenvalue weighted by Gasteiger charge is -2.10. The van der Waals surface area contributed by atoms with Crippen LogP contribution in [0.25, 0.3) is 21.3 Å². The number of urea groups is 1. The topological polar surface area (TPSA) is 152 Å². The first-order valence-corrected chi connectivity index (χ1v) is 13.8. The van der Waals surface area contributed by atoms with Crippen molar-refractivity contribution in [2.75, 3.05) is 18.1 Å². The first kappa shape index (κ1) is 25.7. The molecule has 3 heterocycles. The summed E-state index contributed by atoms with van der Waals surface area (Å²) in [6.45, 7) is 6.48. The number of thiazole rings is 1. The summed E-state index contributed by atoms with van der Waals surface area (Å²) in [5.41, 5.74) is 3.03. The minimum atomic E-state index is -3.30. The van der Waals surface area contributed by atoms with E-state index >= 15 is 0 Å². The molecule has 0 radical (unpaired) electrons. The lowest BCUT2D eigenvalue weighted by Crippen LogP contribution is -2.30. The Labute approximate surface area is 212 Å². The number of sulfonamides is 1. The van der Waals surface area contributed by atoms with Crippen LogP contribution >= 0.6 is 11.3 Å². The summed E-state index contributed by atoms with van der Waals surface area (Å²) in [7, 11) is -3.30. The largest absolute Gasteiger partial charge is 0.339 e. The smallest absolute Gasteiger partial charge is 0.321 e. The molecule has 3 N–H and O–H groups in total. The molecule has 4 rings (SSSR count). The number of benzene rings is 1. The third kappa shape index (κ3) is 6.83. The van der Waals surface area contributed by atoms with Crippen LogP contribution in [0, 0.1) is 0 Å². The Balaban J connectivity index is 1.36. The van der Waals surface area contributed by atoms with Gasteiger partial charge in [0.1, 0.15) is 0 Å². The van der Waals surface area contributed by atoms with Gasteiger partial charge in [-0.15, -0.1) is 0 Å². The second kappa shape index (κ2) is 10.3. The Bertz CT molecular complexity index is 1490. The summed E-state index contributed by atoms with van der Waals surface area (Å²) in [4.78, 5) is 25.4. The molecule has 2 amide bonds. The molecule has 0 aliphatic rings. The molecule has 0 bridgehead atoms. The zero-order chi connectivity index (χ0) is 25.9. The molecule has 0 saturated carbocycles. The molecular weight excluding hydrogens is 502 g/mol. The van der Waals surface area contributed by atoms with Crippen LogP contribution in [0.15, 0.2) is 41.2 Å². The van der Waals surface area contributed by atoms with Crippen LogP contribution in [0.1, 0.15) is 38.0 Å². The van der Waals surface area contributed by atoms with E-state index in [1.165, 1.54) is 11.3 Å². The van der Waals surface area contributed by atoms with Crippen LogP contribution < -0.4 is 15.4 Å². The molecule has 36 heavy (non-hydrogen) atoms. The van der Waals surface area contributed by atoms with Gasteiger partial charge < -0.3 is 9.84 Å². The second-order valence-electron chi connectivity index (χ2n) is 9.27.